The normalized spacial score (nSPS) is 22.8. The number of nitrogens with two attached hydrogens (primary N) is 1. The Morgan fingerprint density at radius 3 is 2.83 bits per heavy atom. The van der Waals surface area contributed by atoms with E-state index in [0.29, 0.717) is 17.5 Å². The van der Waals surface area contributed by atoms with Gasteiger partial charge >= 0.3 is 0 Å². The van der Waals surface area contributed by atoms with Gasteiger partial charge in [0.15, 0.2) is 0 Å². The summed E-state index contributed by atoms with van der Waals surface area (Å²) in [5, 5.41) is 2.23. The molecule has 2 N–H and O–H groups in total. The zero-order valence-electron chi connectivity index (χ0n) is 12.1. The van der Waals surface area contributed by atoms with Crippen LogP contribution >= 0.6 is 11.3 Å². The molecule has 0 aliphatic carbocycles. The molecule has 3 heteroatoms. The molecule has 0 spiro atoms. The van der Waals surface area contributed by atoms with Crippen LogP contribution in [0.25, 0.3) is 0 Å². The molecule has 0 saturated heterocycles. The van der Waals surface area contributed by atoms with Crippen molar-refractivity contribution < 1.29 is 0 Å². The smallest absolute Gasteiger partial charge is 0.0334 e. The van der Waals surface area contributed by atoms with Crippen molar-refractivity contribution in [2.24, 2.45) is 11.1 Å². The molecule has 2 atom stereocenters. The highest BCUT2D eigenvalue weighted by Gasteiger charge is 2.31. The summed E-state index contributed by atoms with van der Waals surface area (Å²) in [6.45, 7) is 11.2. The zero-order valence-corrected chi connectivity index (χ0v) is 12.9. The zero-order chi connectivity index (χ0) is 13.3. The van der Waals surface area contributed by atoms with E-state index < -0.39 is 0 Å². The Kier molecular flexibility index (Phi) is 4.15. The predicted molar refractivity (Wildman–Crippen MR) is 80.1 cm³/mol. The van der Waals surface area contributed by atoms with E-state index in [9.17, 15) is 0 Å². The maximum absolute atomic E-state index is 6.03. The van der Waals surface area contributed by atoms with Crippen LogP contribution in [0, 0.1) is 5.41 Å². The van der Waals surface area contributed by atoms with Crippen molar-refractivity contribution in [3.05, 3.63) is 21.9 Å². The molecule has 1 aliphatic heterocycles. The maximum Gasteiger partial charge on any atom is 0.0334 e. The number of fused-ring (bicyclic) bond motifs is 1. The van der Waals surface area contributed by atoms with E-state index in [0.717, 1.165) is 13.1 Å². The quantitative estimate of drug-likeness (QED) is 0.908. The fourth-order valence-corrected chi connectivity index (χ4v) is 4.03. The van der Waals surface area contributed by atoms with Crippen molar-refractivity contribution in [1.29, 1.82) is 0 Å². The van der Waals surface area contributed by atoms with E-state index in [1.54, 1.807) is 4.88 Å². The molecule has 102 valence electrons. The summed E-state index contributed by atoms with van der Waals surface area (Å²) < 4.78 is 0. The molecule has 2 nitrogen and oxygen atoms in total. The van der Waals surface area contributed by atoms with Crippen LogP contribution in [0.4, 0.5) is 0 Å². The van der Waals surface area contributed by atoms with Crippen LogP contribution in [0.5, 0.6) is 0 Å². The van der Waals surface area contributed by atoms with Crippen LogP contribution in [-0.4, -0.2) is 24.0 Å². The third-order valence-corrected chi connectivity index (χ3v) is 4.91. The Morgan fingerprint density at radius 2 is 2.22 bits per heavy atom. The van der Waals surface area contributed by atoms with Gasteiger partial charge in [0.05, 0.1) is 0 Å². The van der Waals surface area contributed by atoms with Crippen LogP contribution in [0.1, 0.15) is 50.6 Å². The van der Waals surface area contributed by atoms with Crippen molar-refractivity contribution in [1.82, 2.24) is 4.90 Å². The molecule has 2 rings (SSSR count). The highest BCUT2D eigenvalue weighted by atomic mass is 32.1. The van der Waals surface area contributed by atoms with Gasteiger partial charge in [-0.05, 0) is 42.2 Å². The van der Waals surface area contributed by atoms with Gasteiger partial charge in [-0.1, -0.05) is 20.8 Å². The lowest BCUT2D eigenvalue weighted by Crippen LogP contribution is -2.46. The van der Waals surface area contributed by atoms with Crippen LogP contribution in [0.2, 0.25) is 0 Å². The van der Waals surface area contributed by atoms with Crippen molar-refractivity contribution in [2.45, 2.75) is 52.6 Å². The van der Waals surface area contributed by atoms with Crippen LogP contribution in [0.15, 0.2) is 11.4 Å². The summed E-state index contributed by atoms with van der Waals surface area (Å²) in [4.78, 5) is 4.19. The second-order valence-electron chi connectivity index (χ2n) is 6.62. The molecule has 0 bridgehead atoms. The van der Waals surface area contributed by atoms with Gasteiger partial charge in [0.2, 0.25) is 0 Å². The Hall–Kier alpha value is -0.380. The second-order valence-corrected chi connectivity index (χ2v) is 7.62. The molecule has 2 heterocycles. The van der Waals surface area contributed by atoms with Gasteiger partial charge in [0, 0.05) is 30.1 Å². The first-order valence-electron chi connectivity index (χ1n) is 6.94. The maximum atomic E-state index is 6.03. The lowest BCUT2D eigenvalue weighted by atomic mass is 9.86. The molecule has 0 amide bonds. The molecule has 2 unspecified atom stereocenters. The first-order valence-corrected chi connectivity index (χ1v) is 7.82. The standard InChI is InChI=1S/C15H26N2S/c1-11-13-6-8-18-14(13)5-7-17(11)12(10-16)9-15(2,3)4/h6,8,11-12H,5,7,9-10,16H2,1-4H3. The van der Waals surface area contributed by atoms with Gasteiger partial charge in [0.25, 0.3) is 0 Å². The molecule has 0 radical (unpaired) electrons. The van der Waals surface area contributed by atoms with Gasteiger partial charge in [-0.3, -0.25) is 4.90 Å². The summed E-state index contributed by atoms with van der Waals surface area (Å²) >= 11 is 1.91. The van der Waals surface area contributed by atoms with Gasteiger partial charge < -0.3 is 5.73 Å². The molecule has 18 heavy (non-hydrogen) atoms. The molecular weight excluding hydrogens is 240 g/mol. The van der Waals surface area contributed by atoms with Crippen LogP contribution in [-0.2, 0) is 6.42 Å². The highest BCUT2D eigenvalue weighted by molar-refractivity contribution is 7.10. The largest absolute Gasteiger partial charge is 0.329 e. The minimum atomic E-state index is 0.346. The van der Waals surface area contributed by atoms with Crippen molar-refractivity contribution in [2.75, 3.05) is 13.1 Å². The molecule has 1 aromatic heterocycles. The summed E-state index contributed by atoms with van der Waals surface area (Å²) in [5.41, 5.74) is 7.90. The predicted octanol–water partition coefficient (Wildman–Crippen LogP) is 3.43. The van der Waals surface area contributed by atoms with E-state index in [2.05, 4.69) is 44.0 Å². The lowest BCUT2D eigenvalue weighted by molar-refractivity contribution is 0.105. The average Bonchev–Trinajstić information content (AvgIpc) is 2.74. The Bertz CT molecular complexity index is 391. The first kappa shape index (κ1) is 14.0. The minimum absolute atomic E-state index is 0.346. The third kappa shape index (κ3) is 2.95. The Labute approximate surface area is 115 Å². The fraction of sp³-hybridized carbons (Fsp3) is 0.733. The highest BCUT2D eigenvalue weighted by Crippen LogP contribution is 2.36. The topological polar surface area (TPSA) is 29.3 Å². The Morgan fingerprint density at radius 1 is 1.50 bits per heavy atom. The lowest BCUT2D eigenvalue weighted by Gasteiger charge is -2.41. The van der Waals surface area contributed by atoms with E-state index >= 15 is 0 Å². The molecule has 1 aromatic rings. The number of thiophene rings is 1. The second kappa shape index (κ2) is 5.32. The molecule has 0 saturated carbocycles. The van der Waals surface area contributed by atoms with Gasteiger partial charge in [-0.25, -0.2) is 0 Å². The first-order chi connectivity index (χ1) is 8.42. The molecular formula is C15H26N2S. The number of hydrogen-bond acceptors (Lipinski definition) is 3. The average molecular weight is 266 g/mol. The number of rotatable bonds is 3. The summed E-state index contributed by atoms with van der Waals surface area (Å²) in [6.07, 6.45) is 2.37. The number of nitrogens with zero attached hydrogens (tertiary/aromatic N) is 1. The minimum Gasteiger partial charge on any atom is -0.329 e. The van der Waals surface area contributed by atoms with Crippen molar-refractivity contribution in [3.63, 3.8) is 0 Å². The molecule has 1 aliphatic rings. The van der Waals surface area contributed by atoms with Crippen LogP contribution in [0.3, 0.4) is 0 Å². The van der Waals surface area contributed by atoms with Crippen molar-refractivity contribution >= 4 is 11.3 Å². The van der Waals surface area contributed by atoms with Gasteiger partial charge in [-0.15, -0.1) is 11.3 Å². The van der Waals surface area contributed by atoms with E-state index in [4.69, 9.17) is 5.73 Å². The van der Waals surface area contributed by atoms with E-state index in [1.165, 1.54) is 18.4 Å². The van der Waals surface area contributed by atoms with Crippen molar-refractivity contribution in [3.8, 4) is 0 Å². The Balaban J connectivity index is 2.14. The SMILES string of the molecule is CC1c2ccsc2CCN1C(CN)CC(C)(C)C. The van der Waals surface area contributed by atoms with E-state index in [1.807, 2.05) is 11.3 Å². The van der Waals surface area contributed by atoms with Crippen LogP contribution < -0.4 is 5.73 Å². The summed E-state index contributed by atoms with van der Waals surface area (Å²) in [5.74, 6) is 0. The van der Waals surface area contributed by atoms with E-state index in [-0.39, 0.29) is 0 Å². The van der Waals surface area contributed by atoms with Gasteiger partial charge in [-0.2, -0.15) is 0 Å². The molecule has 0 aromatic carbocycles. The molecule has 0 fully saturated rings. The van der Waals surface area contributed by atoms with Gasteiger partial charge in [0.1, 0.15) is 0 Å². The summed E-state index contributed by atoms with van der Waals surface area (Å²) in [7, 11) is 0. The third-order valence-electron chi connectivity index (χ3n) is 3.91. The number of hydrogen-bond donors (Lipinski definition) is 1. The summed E-state index contributed by atoms with van der Waals surface area (Å²) in [6, 6.07) is 3.32. The fourth-order valence-electron chi connectivity index (χ4n) is 3.07. The monoisotopic (exact) mass is 266 g/mol.